The fraction of sp³-hybridized carbons (Fsp3) is 0.0909. The van der Waals surface area contributed by atoms with Crippen LogP contribution in [0.2, 0.25) is 5.02 Å². The third-order valence-electron chi connectivity index (χ3n) is 2.19. The second-order valence-corrected chi connectivity index (χ2v) is 4.55. The van der Waals surface area contributed by atoms with Gasteiger partial charge >= 0.3 is 0 Å². The van der Waals surface area contributed by atoms with Gasteiger partial charge in [-0.1, -0.05) is 11.6 Å². The van der Waals surface area contributed by atoms with E-state index in [1.807, 2.05) is 6.26 Å². The van der Waals surface area contributed by atoms with Crippen LogP contribution >= 0.6 is 23.4 Å². The highest BCUT2D eigenvalue weighted by molar-refractivity contribution is 7.98. The van der Waals surface area contributed by atoms with E-state index in [0.29, 0.717) is 27.0 Å². The Morgan fingerprint density at radius 2 is 2.06 bits per heavy atom. The Balaban J connectivity index is 2.53. The second-order valence-electron chi connectivity index (χ2n) is 3.32. The summed E-state index contributed by atoms with van der Waals surface area (Å²) in [4.78, 5) is 0. The van der Waals surface area contributed by atoms with Crippen molar-refractivity contribution in [2.45, 2.75) is 5.03 Å². The Bertz CT molecular complexity index is 562. The monoisotopic (exact) mass is 269 g/mol. The van der Waals surface area contributed by atoms with Crippen LogP contribution in [0.15, 0.2) is 29.3 Å². The minimum absolute atomic E-state index is 0.296. The van der Waals surface area contributed by atoms with Gasteiger partial charge in [0.1, 0.15) is 10.8 Å². The average Bonchev–Trinajstić information content (AvgIpc) is 2.32. The zero-order valence-corrected chi connectivity index (χ0v) is 10.5. The van der Waals surface area contributed by atoms with Crippen LogP contribution in [0.1, 0.15) is 0 Å². The van der Waals surface area contributed by atoms with Gasteiger partial charge in [0.25, 0.3) is 0 Å². The van der Waals surface area contributed by atoms with Crippen LogP contribution in [0.4, 0.5) is 10.1 Å². The van der Waals surface area contributed by atoms with Crippen LogP contribution in [0.3, 0.4) is 0 Å². The maximum Gasteiger partial charge on any atom is 0.141 e. The fourth-order valence-corrected chi connectivity index (χ4v) is 1.97. The van der Waals surface area contributed by atoms with Crippen molar-refractivity contribution < 1.29 is 4.39 Å². The molecule has 1 aromatic heterocycles. The first kappa shape index (κ1) is 12.1. The average molecular weight is 270 g/mol. The summed E-state index contributed by atoms with van der Waals surface area (Å²) in [6.07, 6.45) is 1.85. The first-order chi connectivity index (χ1) is 8.11. The third-order valence-corrected chi connectivity index (χ3v) is 3.12. The van der Waals surface area contributed by atoms with Gasteiger partial charge in [-0.05, 0) is 30.5 Å². The van der Waals surface area contributed by atoms with E-state index in [-0.39, 0.29) is 0 Å². The molecule has 0 aliphatic heterocycles. The first-order valence-corrected chi connectivity index (χ1v) is 6.34. The van der Waals surface area contributed by atoms with Crippen molar-refractivity contribution in [3.05, 3.63) is 35.1 Å². The molecule has 3 nitrogen and oxygen atoms in total. The maximum atomic E-state index is 13.6. The van der Waals surface area contributed by atoms with E-state index < -0.39 is 5.82 Å². The number of nitrogens with two attached hydrogens (primary N) is 1. The standard InChI is InChI=1S/C11H9ClFN3S/c1-17-11-9(14)5-10(15-16-11)7-4-6(12)2-3-8(7)13/h2-5H,1H3,(H2,14,15). The van der Waals surface area contributed by atoms with E-state index in [9.17, 15) is 4.39 Å². The molecule has 17 heavy (non-hydrogen) atoms. The number of aromatic nitrogens is 2. The van der Waals surface area contributed by atoms with Gasteiger partial charge in [-0.25, -0.2) is 4.39 Å². The third kappa shape index (κ3) is 2.50. The molecule has 0 unspecified atom stereocenters. The molecule has 2 N–H and O–H groups in total. The molecular weight excluding hydrogens is 261 g/mol. The van der Waals surface area contributed by atoms with E-state index >= 15 is 0 Å². The molecule has 0 amide bonds. The molecule has 0 saturated carbocycles. The molecule has 1 aromatic carbocycles. The van der Waals surface area contributed by atoms with Crippen molar-refractivity contribution in [3.8, 4) is 11.3 Å². The lowest BCUT2D eigenvalue weighted by Crippen LogP contribution is -1.97. The van der Waals surface area contributed by atoms with Gasteiger partial charge in [0.2, 0.25) is 0 Å². The van der Waals surface area contributed by atoms with Crippen molar-refractivity contribution in [2.75, 3.05) is 12.0 Å². The van der Waals surface area contributed by atoms with E-state index in [0.717, 1.165) is 0 Å². The number of anilines is 1. The lowest BCUT2D eigenvalue weighted by molar-refractivity contribution is 0.630. The number of nitrogen functional groups attached to an aromatic ring is 1. The van der Waals surface area contributed by atoms with E-state index in [1.54, 1.807) is 6.07 Å². The lowest BCUT2D eigenvalue weighted by Gasteiger charge is -2.05. The molecule has 6 heteroatoms. The van der Waals surface area contributed by atoms with Gasteiger partial charge in [0, 0.05) is 10.6 Å². The highest BCUT2D eigenvalue weighted by Gasteiger charge is 2.10. The van der Waals surface area contributed by atoms with Crippen LogP contribution in [0, 0.1) is 5.82 Å². The van der Waals surface area contributed by atoms with Crippen LogP contribution in [0.25, 0.3) is 11.3 Å². The summed E-state index contributed by atoms with van der Waals surface area (Å²) in [6, 6.07) is 5.86. The number of thioether (sulfide) groups is 1. The predicted octanol–water partition coefficient (Wildman–Crippen LogP) is 3.24. The van der Waals surface area contributed by atoms with Crippen LogP contribution in [-0.4, -0.2) is 16.5 Å². The molecule has 0 aliphatic carbocycles. The molecule has 88 valence electrons. The minimum Gasteiger partial charge on any atom is -0.396 e. The smallest absolute Gasteiger partial charge is 0.141 e. The van der Waals surface area contributed by atoms with E-state index in [1.165, 1.54) is 30.0 Å². The lowest BCUT2D eigenvalue weighted by atomic mass is 10.1. The van der Waals surface area contributed by atoms with Crippen molar-refractivity contribution in [2.24, 2.45) is 0 Å². The van der Waals surface area contributed by atoms with Gasteiger partial charge < -0.3 is 5.73 Å². The Kier molecular flexibility index (Phi) is 3.49. The Morgan fingerprint density at radius 3 is 2.71 bits per heavy atom. The number of nitrogens with zero attached hydrogens (tertiary/aromatic N) is 2. The number of halogens is 2. The number of hydrogen-bond acceptors (Lipinski definition) is 4. The van der Waals surface area contributed by atoms with Crippen LogP contribution < -0.4 is 5.73 Å². The Hall–Kier alpha value is -1.33. The SMILES string of the molecule is CSc1nnc(-c2cc(Cl)ccc2F)cc1N. The highest BCUT2D eigenvalue weighted by atomic mass is 35.5. The Labute approximate surface area is 107 Å². The quantitative estimate of drug-likeness (QED) is 0.851. The minimum atomic E-state index is -0.403. The number of hydrogen-bond donors (Lipinski definition) is 1. The van der Waals surface area contributed by atoms with Crippen molar-refractivity contribution in [1.29, 1.82) is 0 Å². The molecule has 2 aromatic rings. The van der Waals surface area contributed by atoms with Gasteiger partial charge in [-0.15, -0.1) is 22.0 Å². The zero-order valence-electron chi connectivity index (χ0n) is 8.95. The van der Waals surface area contributed by atoms with E-state index in [2.05, 4.69) is 10.2 Å². The predicted molar refractivity (Wildman–Crippen MR) is 68.6 cm³/mol. The number of benzene rings is 1. The van der Waals surface area contributed by atoms with Crippen LogP contribution in [-0.2, 0) is 0 Å². The first-order valence-electron chi connectivity index (χ1n) is 4.74. The van der Waals surface area contributed by atoms with Gasteiger partial charge in [-0.2, -0.15) is 0 Å². The largest absolute Gasteiger partial charge is 0.396 e. The summed E-state index contributed by atoms with van der Waals surface area (Å²) in [5.41, 5.74) is 6.92. The molecule has 1 heterocycles. The Morgan fingerprint density at radius 1 is 1.29 bits per heavy atom. The molecule has 0 aliphatic rings. The molecule has 2 rings (SSSR count). The molecule has 0 spiro atoms. The summed E-state index contributed by atoms with van der Waals surface area (Å²) in [6.45, 7) is 0. The summed E-state index contributed by atoms with van der Waals surface area (Å²) in [7, 11) is 0. The van der Waals surface area contributed by atoms with E-state index in [4.69, 9.17) is 17.3 Å². The zero-order chi connectivity index (χ0) is 12.4. The summed E-state index contributed by atoms with van der Waals surface area (Å²) in [5, 5.41) is 8.92. The molecule has 0 radical (unpaired) electrons. The highest BCUT2D eigenvalue weighted by Crippen LogP contribution is 2.27. The summed E-state index contributed by atoms with van der Waals surface area (Å²) >= 11 is 7.20. The fourth-order valence-electron chi connectivity index (χ4n) is 1.38. The molecule has 0 bridgehead atoms. The second kappa shape index (κ2) is 4.89. The molecular formula is C11H9ClFN3S. The van der Waals surface area contributed by atoms with Crippen LogP contribution in [0.5, 0.6) is 0 Å². The van der Waals surface area contributed by atoms with Crippen molar-refractivity contribution >= 4 is 29.1 Å². The van der Waals surface area contributed by atoms with Gasteiger partial charge in [-0.3, -0.25) is 0 Å². The molecule has 0 saturated heterocycles. The summed E-state index contributed by atoms with van der Waals surface area (Å²) in [5.74, 6) is -0.403. The van der Waals surface area contributed by atoms with Gasteiger partial charge in [0.15, 0.2) is 0 Å². The molecule has 0 fully saturated rings. The normalized spacial score (nSPS) is 10.5. The summed E-state index contributed by atoms with van der Waals surface area (Å²) < 4.78 is 13.6. The topological polar surface area (TPSA) is 51.8 Å². The van der Waals surface area contributed by atoms with Gasteiger partial charge in [0.05, 0.1) is 11.4 Å². The maximum absolute atomic E-state index is 13.6. The number of rotatable bonds is 2. The van der Waals surface area contributed by atoms with Crippen molar-refractivity contribution in [3.63, 3.8) is 0 Å². The van der Waals surface area contributed by atoms with Crippen molar-refractivity contribution in [1.82, 2.24) is 10.2 Å². The molecule has 0 atom stereocenters.